The number of nitrogens with one attached hydrogen (secondary N) is 1. The number of hydrogen-bond donors (Lipinski definition) is 1. The van der Waals surface area contributed by atoms with Gasteiger partial charge in [-0.25, -0.2) is 0 Å². The van der Waals surface area contributed by atoms with Gasteiger partial charge in [0.15, 0.2) is 0 Å². The number of hydrogen-bond acceptors (Lipinski definition) is 4. The van der Waals surface area contributed by atoms with Crippen LogP contribution in [0.4, 0.5) is 0 Å². The maximum absolute atomic E-state index is 3.76. The number of nitrogens with zero attached hydrogens (tertiary/aromatic N) is 1. The summed E-state index contributed by atoms with van der Waals surface area (Å²) in [6, 6.07) is 2.59. The molecule has 3 unspecified atom stereocenters. The average Bonchev–Trinajstić information content (AvgIpc) is 2.69. The Hall–Kier alpha value is 0.620. The second-order valence-electron chi connectivity index (χ2n) is 6.27. The van der Waals surface area contributed by atoms with Crippen LogP contribution in [0.2, 0.25) is 0 Å². The quantitative estimate of drug-likeness (QED) is 0.839. The molecule has 0 aromatic heterocycles. The van der Waals surface area contributed by atoms with Crippen molar-refractivity contribution in [2.45, 2.75) is 62.4 Å². The van der Waals surface area contributed by atoms with E-state index in [0.717, 1.165) is 23.4 Å². The minimum absolute atomic E-state index is 0.807. The predicted octanol–water partition coefficient (Wildman–Crippen LogP) is 2.83. The zero-order valence-corrected chi connectivity index (χ0v) is 13.8. The summed E-state index contributed by atoms with van der Waals surface area (Å²) in [4.78, 5) is 2.88. The molecule has 0 radical (unpaired) electrons. The van der Waals surface area contributed by atoms with Gasteiger partial charge in [0.2, 0.25) is 0 Å². The first-order valence-corrected chi connectivity index (χ1v) is 10.3. The van der Waals surface area contributed by atoms with E-state index in [4.69, 9.17) is 0 Å². The molecule has 4 heteroatoms. The molecule has 110 valence electrons. The van der Waals surface area contributed by atoms with Gasteiger partial charge in [0.05, 0.1) is 0 Å². The number of rotatable bonds is 5. The molecule has 0 saturated carbocycles. The van der Waals surface area contributed by atoms with Gasteiger partial charge in [-0.05, 0) is 38.6 Å². The van der Waals surface area contributed by atoms with Crippen LogP contribution in [-0.2, 0) is 0 Å². The van der Waals surface area contributed by atoms with Crippen LogP contribution < -0.4 is 5.32 Å². The van der Waals surface area contributed by atoms with Gasteiger partial charge in [0.25, 0.3) is 0 Å². The third-order valence-corrected chi connectivity index (χ3v) is 7.69. The van der Waals surface area contributed by atoms with E-state index in [1.807, 2.05) is 0 Å². The van der Waals surface area contributed by atoms with Crippen molar-refractivity contribution in [3.63, 3.8) is 0 Å². The van der Waals surface area contributed by atoms with Crippen LogP contribution in [0.5, 0.6) is 0 Å². The molecule has 19 heavy (non-hydrogen) atoms. The highest BCUT2D eigenvalue weighted by atomic mass is 32.2. The smallest absolute Gasteiger partial charge is 0.0266 e. The number of fused-ring (bicyclic) bond motifs is 2. The van der Waals surface area contributed by atoms with Crippen molar-refractivity contribution >= 4 is 23.5 Å². The first kappa shape index (κ1) is 14.6. The van der Waals surface area contributed by atoms with E-state index in [-0.39, 0.29) is 0 Å². The molecular formula is C15H28N2S2. The highest BCUT2D eigenvalue weighted by Crippen LogP contribution is 2.37. The highest BCUT2D eigenvalue weighted by Gasteiger charge is 2.41. The monoisotopic (exact) mass is 300 g/mol. The molecule has 3 rings (SSSR count). The Balaban J connectivity index is 1.51. The molecule has 2 bridgehead atoms. The molecule has 3 aliphatic heterocycles. The van der Waals surface area contributed by atoms with E-state index in [9.17, 15) is 0 Å². The van der Waals surface area contributed by atoms with Crippen LogP contribution in [0.15, 0.2) is 0 Å². The summed E-state index contributed by atoms with van der Waals surface area (Å²) in [5, 5.41) is 4.66. The molecule has 3 heterocycles. The molecule has 3 saturated heterocycles. The zero-order chi connectivity index (χ0) is 13.1. The van der Waals surface area contributed by atoms with Crippen molar-refractivity contribution in [1.29, 1.82) is 0 Å². The SMILES string of the molecule is CCCNC1CC2CCC(C1)N2CC1CSCCS1. The van der Waals surface area contributed by atoms with Crippen molar-refractivity contribution in [3.8, 4) is 0 Å². The van der Waals surface area contributed by atoms with E-state index in [1.165, 1.54) is 62.5 Å². The second kappa shape index (κ2) is 7.06. The molecule has 0 aromatic rings. The lowest BCUT2D eigenvalue weighted by Gasteiger charge is -2.41. The summed E-state index contributed by atoms with van der Waals surface area (Å²) >= 11 is 4.39. The minimum Gasteiger partial charge on any atom is -0.314 e. The molecule has 0 aliphatic carbocycles. The highest BCUT2D eigenvalue weighted by molar-refractivity contribution is 8.06. The van der Waals surface area contributed by atoms with Gasteiger partial charge in [0.1, 0.15) is 0 Å². The molecule has 0 spiro atoms. The minimum atomic E-state index is 0.807. The van der Waals surface area contributed by atoms with E-state index in [1.54, 1.807) is 0 Å². The topological polar surface area (TPSA) is 15.3 Å². The van der Waals surface area contributed by atoms with Crippen LogP contribution in [0.1, 0.15) is 39.0 Å². The second-order valence-corrected chi connectivity index (χ2v) is 8.83. The van der Waals surface area contributed by atoms with E-state index in [2.05, 4.69) is 40.7 Å². The van der Waals surface area contributed by atoms with Crippen LogP contribution in [0.25, 0.3) is 0 Å². The van der Waals surface area contributed by atoms with Gasteiger partial charge in [-0.3, -0.25) is 4.90 Å². The Kier molecular flexibility index (Phi) is 5.41. The maximum Gasteiger partial charge on any atom is 0.0266 e. The molecule has 3 fully saturated rings. The summed E-state index contributed by atoms with van der Waals surface area (Å²) in [7, 11) is 0. The molecule has 3 aliphatic rings. The Morgan fingerprint density at radius 1 is 1.16 bits per heavy atom. The largest absolute Gasteiger partial charge is 0.314 e. The van der Waals surface area contributed by atoms with Gasteiger partial charge in [0, 0.05) is 47.2 Å². The summed E-state index contributed by atoms with van der Waals surface area (Å²) in [6.07, 6.45) is 6.99. The average molecular weight is 301 g/mol. The van der Waals surface area contributed by atoms with Crippen molar-refractivity contribution in [2.24, 2.45) is 0 Å². The van der Waals surface area contributed by atoms with Crippen LogP contribution in [0.3, 0.4) is 0 Å². The number of piperidine rings is 1. The summed E-state index contributed by atoms with van der Waals surface area (Å²) in [5.74, 6) is 4.13. The van der Waals surface area contributed by atoms with Gasteiger partial charge < -0.3 is 5.32 Å². The van der Waals surface area contributed by atoms with E-state index < -0.39 is 0 Å². The standard InChI is InChI=1S/C15H28N2S2/c1-2-5-16-12-8-13-3-4-14(9-12)17(13)10-15-11-18-6-7-19-15/h12-16H,2-11H2,1H3. The fourth-order valence-electron chi connectivity index (χ4n) is 3.96. The van der Waals surface area contributed by atoms with Gasteiger partial charge in [-0.1, -0.05) is 6.92 Å². The Bertz CT molecular complexity index is 267. The Labute approximate surface area is 126 Å². The van der Waals surface area contributed by atoms with Crippen molar-refractivity contribution in [1.82, 2.24) is 10.2 Å². The van der Waals surface area contributed by atoms with Gasteiger partial charge >= 0.3 is 0 Å². The Morgan fingerprint density at radius 2 is 1.95 bits per heavy atom. The molecule has 3 atom stereocenters. The molecular weight excluding hydrogens is 272 g/mol. The lowest BCUT2D eigenvalue weighted by atomic mass is 9.97. The van der Waals surface area contributed by atoms with Crippen LogP contribution in [-0.4, -0.2) is 58.6 Å². The molecule has 0 aromatic carbocycles. The van der Waals surface area contributed by atoms with E-state index >= 15 is 0 Å². The third kappa shape index (κ3) is 3.63. The normalized spacial score (nSPS) is 39.6. The molecule has 0 amide bonds. The summed E-state index contributed by atoms with van der Waals surface area (Å²) in [6.45, 7) is 4.85. The van der Waals surface area contributed by atoms with Crippen LogP contribution >= 0.6 is 23.5 Å². The van der Waals surface area contributed by atoms with Gasteiger partial charge in [-0.15, -0.1) is 0 Å². The Morgan fingerprint density at radius 3 is 2.58 bits per heavy atom. The van der Waals surface area contributed by atoms with Crippen molar-refractivity contribution in [2.75, 3.05) is 30.3 Å². The van der Waals surface area contributed by atoms with Crippen molar-refractivity contribution in [3.05, 3.63) is 0 Å². The fourth-order valence-corrected chi connectivity index (χ4v) is 6.64. The first-order chi connectivity index (χ1) is 9.36. The fraction of sp³-hybridized carbons (Fsp3) is 1.00. The van der Waals surface area contributed by atoms with Gasteiger partial charge in [-0.2, -0.15) is 23.5 Å². The maximum atomic E-state index is 3.76. The molecule has 2 nitrogen and oxygen atoms in total. The summed E-state index contributed by atoms with van der Waals surface area (Å²) < 4.78 is 0. The first-order valence-electron chi connectivity index (χ1n) is 8.05. The van der Waals surface area contributed by atoms with Crippen molar-refractivity contribution < 1.29 is 0 Å². The predicted molar refractivity (Wildman–Crippen MR) is 88.4 cm³/mol. The number of thioether (sulfide) groups is 2. The zero-order valence-electron chi connectivity index (χ0n) is 12.1. The third-order valence-electron chi connectivity index (χ3n) is 4.87. The lowest BCUT2D eigenvalue weighted by Crippen LogP contribution is -2.51. The lowest BCUT2D eigenvalue weighted by molar-refractivity contribution is 0.119. The van der Waals surface area contributed by atoms with Crippen LogP contribution in [0, 0.1) is 0 Å². The van der Waals surface area contributed by atoms with E-state index in [0.29, 0.717) is 0 Å². The molecule has 1 N–H and O–H groups in total. The summed E-state index contributed by atoms with van der Waals surface area (Å²) in [5.41, 5.74) is 0.